The van der Waals surface area contributed by atoms with Crippen LogP contribution in [0.4, 0.5) is 0 Å². The molecule has 0 spiro atoms. The van der Waals surface area contributed by atoms with Crippen molar-refractivity contribution in [1.82, 2.24) is 0 Å². The summed E-state index contributed by atoms with van der Waals surface area (Å²) in [5, 5.41) is 4.80. The second-order valence-corrected chi connectivity index (χ2v) is 5.85. The van der Waals surface area contributed by atoms with E-state index in [4.69, 9.17) is 4.42 Å². The number of furan rings is 1. The highest BCUT2D eigenvalue weighted by Gasteiger charge is 2.12. The zero-order valence-corrected chi connectivity index (χ0v) is 12.5. The van der Waals surface area contributed by atoms with E-state index in [1.165, 1.54) is 27.1 Å². The molecule has 0 unspecified atom stereocenters. The fourth-order valence-electron chi connectivity index (χ4n) is 3.33. The molecule has 0 N–H and O–H groups in total. The molecule has 23 heavy (non-hydrogen) atoms. The summed E-state index contributed by atoms with van der Waals surface area (Å²) in [5.74, 6) is 0. The van der Waals surface area contributed by atoms with Gasteiger partial charge in [-0.1, -0.05) is 72.8 Å². The van der Waals surface area contributed by atoms with Crippen LogP contribution in [-0.4, -0.2) is 0 Å². The molecule has 0 saturated heterocycles. The van der Waals surface area contributed by atoms with E-state index in [9.17, 15) is 0 Å². The van der Waals surface area contributed by atoms with Crippen molar-refractivity contribution in [3.63, 3.8) is 0 Å². The van der Waals surface area contributed by atoms with Gasteiger partial charge in [-0.3, -0.25) is 0 Å². The van der Waals surface area contributed by atoms with Gasteiger partial charge in [0.1, 0.15) is 11.2 Å². The van der Waals surface area contributed by atoms with E-state index in [0.717, 1.165) is 16.7 Å². The quantitative estimate of drug-likeness (QED) is 0.348. The monoisotopic (exact) mass is 294 g/mol. The number of rotatable bonds is 1. The lowest BCUT2D eigenvalue weighted by Gasteiger charge is -2.01. The van der Waals surface area contributed by atoms with Crippen LogP contribution in [0.2, 0.25) is 0 Å². The first-order valence-electron chi connectivity index (χ1n) is 7.79. The van der Waals surface area contributed by atoms with E-state index in [1.54, 1.807) is 0 Å². The van der Waals surface area contributed by atoms with Crippen LogP contribution < -0.4 is 0 Å². The molecule has 1 heteroatoms. The molecule has 0 atom stereocenters. The predicted octanol–water partition coefficient (Wildman–Crippen LogP) is 6.41. The van der Waals surface area contributed by atoms with Crippen molar-refractivity contribution in [2.75, 3.05) is 0 Å². The molecule has 0 bridgehead atoms. The largest absolute Gasteiger partial charge is 0.455 e. The maximum atomic E-state index is 6.25. The smallest absolute Gasteiger partial charge is 0.143 e. The van der Waals surface area contributed by atoms with Crippen molar-refractivity contribution in [2.45, 2.75) is 0 Å². The Hall–Kier alpha value is -3.06. The van der Waals surface area contributed by atoms with Crippen LogP contribution in [0.25, 0.3) is 43.8 Å². The van der Waals surface area contributed by atoms with E-state index in [1.807, 2.05) is 6.07 Å². The second-order valence-electron chi connectivity index (χ2n) is 5.85. The molecule has 108 valence electrons. The SMILES string of the molecule is c1ccc(-c2cccc3c2oc2cc4ccccc4cc23)cc1. The summed E-state index contributed by atoms with van der Waals surface area (Å²) in [6, 6.07) is 29.6. The summed E-state index contributed by atoms with van der Waals surface area (Å²) in [7, 11) is 0. The van der Waals surface area contributed by atoms with Gasteiger partial charge in [-0.05, 0) is 28.5 Å². The molecule has 1 nitrogen and oxygen atoms in total. The maximum Gasteiger partial charge on any atom is 0.143 e. The maximum absolute atomic E-state index is 6.25. The molecule has 0 aliphatic carbocycles. The Morgan fingerprint density at radius 1 is 0.565 bits per heavy atom. The molecule has 5 aromatic rings. The minimum Gasteiger partial charge on any atom is -0.455 e. The number of benzene rings is 4. The Labute approximate surface area is 133 Å². The third kappa shape index (κ3) is 1.87. The summed E-state index contributed by atoms with van der Waals surface area (Å²) >= 11 is 0. The zero-order chi connectivity index (χ0) is 15.2. The number of hydrogen-bond donors (Lipinski definition) is 0. The van der Waals surface area contributed by atoms with Gasteiger partial charge in [0.05, 0.1) is 0 Å². The normalized spacial score (nSPS) is 11.5. The Balaban J connectivity index is 1.91. The van der Waals surface area contributed by atoms with Crippen molar-refractivity contribution in [2.24, 2.45) is 0 Å². The van der Waals surface area contributed by atoms with Crippen molar-refractivity contribution in [1.29, 1.82) is 0 Å². The molecule has 0 fully saturated rings. The van der Waals surface area contributed by atoms with Gasteiger partial charge in [-0.2, -0.15) is 0 Å². The molecule has 1 aromatic heterocycles. The van der Waals surface area contributed by atoms with Crippen LogP contribution in [0.15, 0.2) is 89.3 Å². The fourth-order valence-corrected chi connectivity index (χ4v) is 3.33. The highest BCUT2D eigenvalue weighted by Crippen LogP contribution is 2.37. The average molecular weight is 294 g/mol. The first kappa shape index (κ1) is 12.5. The first-order chi connectivity index (χ1) is 11.4. The lowest BCUT2D eigenvalue weighted by Crippen LogP contribution is -1.77. The Kier molecular flexibility index (Phi) is 2.56. The number of para-hydroxylation sites is 1. The molecular formula is C22H14O. The topological polar surface area (TPSA) is 13.1 Å². The zero-order valence-electron chi connectivity index (χ0n) is 12.5. The molecular weight excluding hydrogens is 280 g/mol. The van der Waals surface area contributed by atoms with Gasteiger partial charge < -0.3 is 4.42 Å². The van der Waals surface area contributed by atoms with Gasteiger partial charge in [-0.25, -0.2) is 0 Å². The van der Waals surface area contributed by atoms with Crippen LogP contribution in [0.5, 0.6) is 0 Å². The summed E-state index contributed by atoms with van der Waals surface area (Å²) in [6.07, 6.45) is 0. The number of hydrogen-bond acceptors (Lipinski definition) is 1. The van der Waals surface area contributed by atoms with E-state index < -0.39 is 0 Å². The third-order valence-electron chi connectivity index (χ3n) is 4.45. The van der Waals surface area contributed by atoms with E-state index in [0.29, 0.717) is 0 Å². The molecule has 1 heterocycles. The Bertz CT molecular complexity index is 1150. The molecule has 0 aliphatic heterocycles. The molecule has 4 aromatic carbocycles. The van der Waals surface area contributed by atoms with Gasteiger partial charge in [0, 0.05) is 16.3 Å². The molecule has 5 rings (SSSR count). The van der Waals surface area contributed by atoms with Crippen molar-refractivity contribution >= 4 is 32.7 Å². The molecule has 0 aliphatic rings. The minimum absolute atomic E-state index is 0.946. The van der Waals surface area contributed by atoms with Crippen molar-refractivity contribution < 1.29 is 4.42 Å². The highest BCUT2D eigenvalue weighted by atomic mass is 16.3. The van der Waals surface area contributed by atoms with Gasteiger partial charge in [0.25, 0.3) is 0 Å². The third-order valence-corrected chi connectivity index (χ3v) is 4.45. The van der Waals surface area contributed by atoms with Crippen LogP contribution in [0, 0.1) is 0 Å². The highest BCUT2D eigenvalue weighted by molar-refractivity contribution is 6.13. The molecule has 0 amide bonds. The summed E-state index contributed by atoms with van der Waals surface area (Å²) in [5.41, 5.74) is 4.23. The molecule has 0 radical (unpaired) electrons. The Morgan fingerprint density at radius 3 is 2.13 bits per heavy atom. The lowest BCUT2D eigenvalue weighted by atomic mass is 10.0. The van der Waals surface area contributed by atoms with E-state index in [-0.39, 0.29) is 0 Å². The standard InChI is InChI=1S/C22H14O/c1-2-7-15(8-3-1)18-11-6-12-19-20-13-16-9-4-5-10-17(16)14-21(20)23-22(18)19/h1-14H. The van der Waals surface area contributed by atoms with Crippen molar-refractivity contribution in [3.05, 3.63) is 84.9 Å². The van der Waals surface area contributed by atoms with E-state index >= 15 is 0 Å². The summed E-state index contributed by atoms with van der Waals surface area (Å²) < 4.78 is 6.25. The predicted molar refractivity (Wildman–Crippen MR) is 96.7 cm³/mol. The Morgan fingerprint density at radius 2 is 1.30 bits per heavy atom. The van der Waals surface area contributed by atoms with Crippen LogP contribution in [0.1, 0.15) is 0 Å². The summed E-state index contributed by atoms with van der Waals surface area (Å²) in [4.78, 5) is 0. The first-order valence-corrected chi connectivity index (χ1v) is 7.79. The minimum atomic E-state index is 0.946. The van der Waals surface area contributed by atoms with Gasteiger partial charge in [0.2, 0.25) is 0 Å². The van der Waals surface area contributed by atoms with Crippen molar-refractivity contribution in [3.8, 4) is 11.1 Å². The van der Waals surface area contributed by atoms with Gasteiger partial charge in [0.15, 0.2) is 0 Å². The van der Waals surface area contributed by atoms with Gasteiger partial charge in [-0.15, -0.1) is 0 Å². The summed E-state index contributed by atoms with van der Waals surface area (Å²) in [6.45, 7) is 0. The van der Waals surface area contributed by atoms with Crippen LogP contribution in [-0.2, 0) is 0 Å². The lowest BCUT2D eigenvalue weighted by molar-refractivity contribution is 0.670. The van der Waals surface area contributed by atoms with Gasteiger partial charge >= 0.3 is 0 Å². The van der Waals surface area contributed by atoms with Crippen LogP contribution in [0.3, 0.4) is 0 Å². The van der Waals surface area contributed by atoms with E-state index in [2.05, 4.69) is 78.9 Å². The second kappa shape index (κ2) is 4.72. The van der Waals surface area contributed by atoms with Crippen LogP contribution >= 0.6 is 0 Å². The molecule has 0 saturated carbocycles. The fraction of sp³-hybridized carbons (Fsp3) is 0. The average Bonchev–Trinajstić information content (AvgIpc) is 2.98. The number of fused-ring (bicyclic) bond motifs is 4.